The van der Waals surface area contributed by atoms with Crippen molar-refractivity contribution in [3.63, 3.8) is 0 Å². The zero-order valence-electron chi connectivity index (χ0n) is 11.2. The molecule has 0 aliphatic carbocycles. The van der Waals surface area contributed by atoms with Crippen LogP contribution in [0.1, 0.15) is 11.6 Å². The van der Waals surface area contributed by atoms with Gasteiger partial charge in [0.15, 0.2) is 0 Å². The lowest BCUT2D eigenvalue weighted by Crippen LogP contribution is -2.18. The van der Waals surface area contributed by atoms with Gasteiger partial charge in [-0.2, -0.15) is 8.75 Å². The standard InChI is InChI=1S/C10H12N6O2S3/c1-5-11-9(20-15-5)13-7(17)3-19-4-8(18)14-10-12-6(2)16-21-10/h3-4H2,1-2H3,(H,11,13,15,17)(H,12,14,16,18). The molecule has 11 heteroatoms. The van der Waals surface area contributed by atoms with E-state index < -0.39 is 0 Å². The normalized spacial score (nSPS) is 10.4. The highest BCUT2D eigenvalue weighted by molar-refractivity contribution is 8.00. The molecule has 0 spiro atoms. The smallest absolute Gasteiger partial charge is 0.236 e. The van der Waals surface area contributed by atoms with Crippen molar-refractivity contribution in [1.29, 1.82) is 0 Å². The number of hydrogen-bond acceptors (Lipinski definition) is 9. The van der Waals surface area contributed by atoms with Crippen LogP contribution in [0.3, 0.4) is 0 Å². The molecule has 2 N–H and O–H groups in total. The predicted octanol–water partition coefficient (Wildman–Crippen LogP) is 1.32. The molecule has 0 bridgehead atoms. The summed E-state index contributed by atoms with van der Waals surface area (Å²) in [7, 11) is 0. The Balaban J connectivity index is 1.66. The second-order valence-electron chi connectivity index (χ2n) is 3.88. The molecule has 2 heterocycles. The minimum atomic E-state index is -0.212. The van der Waals surface area contributed by atoms with Gasteiger partial charge in [0.2, 0.25) is 22.1 Å². The number of thioether (sulfide) groups is 1. The van der Waals surface area contributed by atoms with Crippen LogP contribution >= 0.6 is 34.8 Å². The monoisotopic (exact) mass is 344 g/mol. The van der Waals surface area contributed by atoms with Gasteiger partial charge in [-0.1, -0.05) is 0 Å². The third kappa shape index (κ3) is 5.36. The van der Waals surface area contributed by atoms with Crippen molar-refractivity contribution in [3.05, 3.63) is 11.6 Å². The van der Waals surface area contributed by atoms with E-state index >= 15 is 0 Å². The first-order valence-corrected chi connectivity index (χ1v) is 8.51. The lowest BCUT2D eigenvalue weighted by molar-refractivity contribution is -0.114. The van der Waals surface area contributed by atoms with Crippen molar-refractivity contribution < 1.29 is 9.59 Å². The molecule has 0 aliphatic rings. The third-order valence-corrected chi connectivity index (χ3v) is 4.39. The number of anilines is 2. The van der Waals surface area contributed by atoms with E-state index in [1.54, 1.807) is 13.8 Å². The fourth-order valence-electron chi connectivity index (χ4n) is 1.24. The summed E-state index contributed by atoms with van der Waals surface area (Å²) in [5.74, 6) is 1.15. The van der Waals surface area contributed by atoms with Gasteiger partial charge in [-0.15, -0.1) is 11.8 Å². The predicted molar refractivity (Wildman–Crippen MR) is 83.9 cm³/mol. The highest BCUT2D eigenvalue weighted by Gasteiger charge is 2.10. The SMILES string of the molecule is Cc1nsc(NC(=O)CSCC(=O)Nc2nc(C)ns2)n1. The van der Waals surface area contributed by atoms with Crippen LogP contribution in [0.25, 0.3) is 0 Å². The summed E-state index contributed by atoms with van der Waals surface area (Å²) in [6.07, 6.45) is 0. The average Bonchev–Trinajstić information content (AvgIpc) is 2.98. The molecule has 112 valence electrons. The number of aromatic nitrogens is 4. The Morgan fingerprint density at radius 1 is 0.952 bits per heavy atom. The van der Waals surface area contributed by atoms with Crippen LogP contribution in [0.15, 0.2) is 0 Å². The summed E-state index contributed by atoms with van der Waals surface area (Å²) in [6.45, 7) is 3.50. The molecule has 2 aromatic rings. The number of rotatable bonds is 6. The highest BCUT2D eigenvalue weighted by Crippen LogP contribution is 2.12. The summed E-state index contributed by atoms with van der Waals surface area (Å²) < 4.78 is 7.92. The van der Waals surface area contributed by atoms with Crippen LogP contribution in [0.5, 0.6) is 0 Å². The first kappa shape index (κ1) is 15.8. The number of amides is 2. The molecular weight excluding hydrogens is 332 g/mol. The number of carbonyl (C=O) groups excluding carboxylic acids is 2. The first-order valence-electron chi connectivity index (χ1n) is 5.81. The van der Waals surface area contributed by atoms with Gasteiger partial charge < -0.3 is 10.6 Å². The Kier molecular flexibility index (Phi) is 5.59. The second-order valence-corrected chi connectivity index (χ2v) is 6.37. The molecule has 0 aliphatic heterocycles. The lowest BCUT2D eigenvalue weighted by Gasteiger charge is -2.02. The van der Waals surface area contributed by atoms with Gasteiger partial charge in [-0.25, -0.2) is 9.97 Å². The van der Waals surface area contributed by atoms with Crippen LogP contribution in [-0.4, -0.2) is 42.0 Å². The van der Waals surface area contributed by atoms with E-state index in [4.69, 9.17) is 0 Å². The molecule has 2 aromatic heterocycles. The Bertz CT molecular complexity index is 586. The number of aryl methyl sites for hydroxylation is 2. The quantitative estimate of drug-likeness (QED) is 0.813. The van der Waals surface area contributed by atoms with E-state index in [0.29, 0.717) is 21.9 Å². The lowest BCUT2D eigenvalue weighted by atomic mass is 10.7. The number of nitrogens with one attached hydrogen (secondary N) is 2. The van der Waals surface area contributed by atoms with Gasteiger partial charge in [0.1, 0.15) is 11.6 Å². The van der Waals surface area contributed by atoms with Crippen molar-refractivity contribution >= 4 is 56.9 Å². The van der Waals surface area contributed by atoms with Gasteiger partial charge in [-0.3, -0.25) is 9.59 Å². The van der Waals surface area contributed by atoms with E-state index in [1.165, 1.54) is 11.8 Å². The molecule has 0 saturated heterocycles. The second kappa shape index (κ2) is 7.43. The molecule has 21 heavy (non-hydrogen) atoms. The molecule has 0 radical (unpaired) electrons. The fraction of sp³-hybridized carbons (Fsp3) is 0.400. The summed E-state index contributed by atoms with van der Waals surface area (Å²) in [4.78, 5) is 31.3. The zero-order valence-corrected chi connectivity index (χ0v) is 13.7. The van der Waals surface area contributed by atoms with Gasteiger partial charge in [0.25, 0.3) is 0 Å². The van der Waals surface area contributed by atoms with E-state index in [9.17, 15) is 9.59 Å². The topological polar surface area (TPSA) is 110 Å². The average molecular weight is 344 g/mol. The molecule has 0 atom stereocenters. The van der Waals surface area contributed by atoms with Gasteiger partial charge in [0, 0.05) is 23.1 Å². The Morgan fingerprint density at radius 3 is 1.71 bits per heavy atom. The van der Waals surface area contributed by atoms with Crippen LogP contribution in [0, 0.1) is 13.8 Å². The van der Waals surface area contributed by atoms with E-state index in [1.807, 2.05) is 0 Å². The van der Waals surface area contributed by atoms with Gasteiger partial charge in [-0.05, 0) is 13.8 Å². The number of hydrogen-bond donors (Lipinski definition) is 2. The van der Waals surface area contributed by atoms with Gasteiger partial charge >= 0.3 is 0 Å². The van der Waals surface area contributed by atoms with Crippen LogP contribution in [0.2, 0.25) is 0 Å². The highest BCUT2D eigenvalue weighted by atomic mass is 32.2. The van der Waals surface area contributed by atoms with Crippen molar-refractivity contribution in [3.8, 4) is 0 Å². The first-order chi connectivity index (χ1) is 10.0. The number of carbonyl (C=O) groups is 2. The molecular formula is C10H12N6O2S3. The number of nitrogens with zero attached hydrogens (tertiary/aromatic N) is 4. The summed E-state index contributed by atoms with van der Waals surface area (Å²) >= 11 is 3.46. The van der Waals surface area contributed by atoms with E-state index in [0.717, 1.165) is 23.1 Å². The van der Waals surface area contributed by atoms with Crippen LogP contribution in [0.4, 0.5) is 10.3 Å². The van der Waals surface area contributed by atoms with E-state index in [-0.39, 0.29) is 23.3 Å². The summed E-state index contributed by atoms with van der Waals surface area (Å²) in [5, 5.41) is 6.17. The molecule has 0 fully saturated rings. The van der Waals surface area contributed by atoms with Crippen LogP contribution in [-0.2, 0) is 9.59 Å². The zero-order chi connectivity index (χ0) is 15.2. The molecule has 8 nitrogen and oxygen atoms in total. The summed E-state index contributed by atoms with van der Waals surface area (Å²) in [6, 6.07) is 0. The summed E-state index contributed by atoms with van der Waals surface area (Å²) in [5.41, 5.74) is 0. The Hall–Kier alpha value is -1.59. The molecule has 2 rings (SSSR count). The molecule has 2 amide bonds. The van der Waals surface area contributed by atoms with Crippen molar-refractivity contribution in [2.24, 2.45) is 0 Å². The van der Waals surface area contributed by atoms with Crippen molar-refractivity contribution in [1.82, 2.24) is 18.7 Å². The third-order valence-electron chi connectivity index (χ3n) is 2.01. The van der Waals surface area contributed by atoms with Crippen LogP contribution < -0.4 is 10.6 Å². The van der Waals surface area contributed by atoms with Crippen molar-refractivity contribution in [2.45, 2.75) is 13.8 Å². The van der Waals surface area contributed by atoms with E-state index in [2.05, 4.69) is 29.3 Å². The van der Waals surface area contributed by atoms with Gasteiger partial charge in [0.05, 0.1) is 11.5 Å². The molecule has 0 saturated carbocycles. The van der Waals surface area contributed by atoms with Crippen molar-refractivity contribution in [2.75, 3.05) is 22.1 Å². The minimum Gasteiger partial charge on any atom is -0.300 e. The maximum absolute atomic E-state index is 11.6. The Morgan fingerprint density at radius 2 is 1.38 bits per heavy atom. The minimum absolute atomic E-state index is 0.168. The molecule has 0 unspecified atom stereocenters. The Labute approximate surface area is 133 Å². The maximum atomic E-state index is 11.6. The fourth-order valence-corrected chi connectivity index (χ4v) is 3.04. The largest absolute Gasteiger partial charge is 0.300 e. The molecule has 0 aromatic carbocycles. The maximum Gasteiger partial charge on any atom is 0.236 e.